The second-order valence-electron chi connectivity index (χ2n) is 7.54. The minimum Gasteiger partial charge on any atom is -0.309 e. The highest BCUT2D eigenvalue weighted by Crippen LogP contribution is 2.35. The molecule has 6 heteroatoms. The Labute approximate surface area is 168 Å². The summed E-state index contributed by atoms with van der Waals surface area (Å²) < 4.78 is 0. The molecule has 27 heavy (non-hydrogen) atoms. The molecule has 2 atom stereocenters. The second-order valence-corrected chi connectivity index (χ2v) is 9.06. The molecule has 0 spiro atoms. The van der Waals surface area contributed by atoms with Crippen LogP contribution < -0.4 is 10.9 Å². The van der Waals surface area contributed by atoms with Crippen molar-refractivity contribution in [1.82, 2.24) is 15.3 Å². The third-order valence-corrected chi connectivity index (χ3v) is 6.73. The zero-order valence-electron chi connectivity index (χ0n) is 15.6. The van der Waals surface area contributed by atoms with Crippen molar-refractivity contribution in [2.75, 3.05) is 6.54 Å². The molecule has 1 aliphatic rings. The molecule has 4 rings (SSSR count). The molecule has 2 N–H and O–H groups in total. The number of H-pyrrole nitrogens is 1. The molecule has 2 aromatic heterocycles. The predicted octanol–water partition coefficient (Wildman–Crippen LogP) is 4.66. The topological polar surface area (TPSA) is 57.8 Å². The number of fused-ring (bicyclic) bond motifs is 3. The van der Waals surface area contributed by atoms with E-state index in [2.05, 4.69) is 23.3 Å². The molecule has 0 saturated heterocycles. The van der Waals surface area contributed by atoms with Crippen LogP contribution in [0.1, 0.15) is 48.1 Å². The van der Waals surface area contributed by atoms with Gasteiger partial charge >= 0.3 is 0 Å². The van der Waals surface area contributed by atoms with Crippen LogP contribution in [-0.2, 0) is 19.3 Å². The fraction of sp³-hybridized carbons (Fsp3) is 0.429. The first-order chi connectivity index (χ1) is 13.0. The molecule has 0 aliphatic heterocycles. The highest BCUT2D eigenvalue weighted by Gasteiger charge is 2.23. The van der Waals surface area contributed by atoms with Gasteiger partial charge in [-0.2, -0.15) is 0 Å². The van der Waals surface area contributed by atoms with E-state index in [4.69, 9.17) is 16.6 Å². The fourth-order valence-corrected chi connectivity index (χ4v) is 5.40. The van der Waals surface area contributed by atoms with Crippen LogP contribution >= 0.6 is 22.9 Å². The van der Waals surface area contributed by atoms with Gasteiger partial charge in [0.2, 0.25) is 0 Å². The monoisotopic (exact) mass is 401 g/mol. The zero-order chi connectivity index (χ0) is 19.0. The van der Waals surface area contributed by atoms with E-state index in [-0.39, 0.29) is 11.6 Å². The first-order valence-corrected chi connectivity index (χ1v) is 10.7. The second kappa shape index (κ2) is 7.74. The Kier molecular flexibility index (Phi) is 5.35. The summed E-state index contributed by atoms with van der Waals surface area (Å²) >= 11 is 7.74. The Morgan fingerprint density at radius 1 is 1.44 bits per heavy atom. The van der Waals surface area contributed by atoms with Gasteiger partial charge < -0.3 is 10.3 Å². The van der Waals surface area contributed by atoms with E-state index in [9.17, 15) is 4.79 Å². The number of benzene rings is 1. The summed E-state index contributed by atoms with van der Waals surface area (Å²) in [6, 6.07) is 7.89. The lowest BCUT2D eigenvalue weighted by Crippen LogP contribution is -2.25. The van der Waals surface area contributed by atoms with E-state index in [1.807, 2.05) is 25.1 Å². The van der Waals surface area contributed by atoms with Crippen LogP contribution in [0.4, 0.5) is 0 Å². The summed E-state index contributed by atoms with van der Waals surface area (Å²) in [6.45, 7) is 5.11. The van der Waals surface area contributed by atoms with Crippen LogP contribution in [0.25, 0.3) is 10.2 Å². The molecule has 142 valence electrons. The molecule has 0 unspecified atom stereocenters. The molecule has 1 aliphatic carbocycles. The summed E-state index contributed by atoms with van der Waals surface area (Å²) in [7, 11) is 0. The summed E-state index contributed by atoms with van der Waals surface area (Å²) in [6.07, 6.45) is 4.09. The van der Waals surface area contributed by atoms with Crippen molar-refractivity contribution < 1.29 is 0 Å². The van der Waals surface area contributed by atoms with Gasteiger partial charge in [-0.1, -0.05) is 30.7 Å². The fourth-order valence-electron chi connectivity index (χ4n) is 3.79. The summed E-state index contributed by atoms with van der Waals surface area (Å²) in [5.41, 5.74) is 2.43. The van der Waals surface area contributed by atoms with Gasteiger partial charge in [-0.15, -0.1) is 11.3 Å². The third-order valence-electron chi connectivity index (χ3n) is 5.35. The number of halogens is 1. The van der Waals surface area contributed by atoms with E-state index >= 15 is 0 Å². The van der Waals surface area contributed by atoms with E-state index in [1.54, 1.807) is 11.3 Å². The largest absolute Gasteiger partial charge is 0.309 e. The van der Waals surface area contributed by atoms with E-state index in [1.165, 1.54) is 16.0 Å². The van der Waals surface area contributed by atoms with E-state index in [0.717, 1.165) is 47.5 Å². The Hall–Kier alpha value is -1.69. The number of nitrogens with one attached hydrogen (secondary N) is 2. The molecule has 2 heterocycles. The zero-order valence-corrected chi connectivity index (χ0v) is 17.2. The van der Waals surface area contributed by atoms with Gasteiger partial charge in [0.05, 0.1) is 11.4 Å². The molecule has 0 bridgehead atoms. The quantitative estimate of drug-likeness (QED) is 0.653. The first-order valence-electron chi connectivity index (χ1n) is 9.53. The van der Waals surface area contributed by atoms with Crippen molar-refractivity contribution >= 4 is 33.2 Å². The van der Waals surface area contributed by atoms with Crippen LogP contribution in [0.5, 0.6) is 0 Å². The van der Waals surface area contributed by atoms with Gasteiger partial charge in [-0.3, -0.25) is 4.79 Å². The standard InChI is InChI=1S/C21H24ClN3OS/c1-12-6-7-16-17(10-12)27-21-18(16)20(26)24-19(25-21)13(2)23-9-8-14-4-3-5-15(22)11-14/h3-5,11-13,23H,6-10H2,1-2H3,(H,24,25,26)/t12-,13-/m0/s1. The van der Waals surface area contributed by atoms with Gasteiger partial charge in [0.1, 0.15) is 10.7 Å². The predicted molar refractivity (Wildman–Crippen MR) is 113 cm³/mol. The minimum atomic E-state index is -0.0145. The van der Waals surface area contributed by atoms with Crippen LogP contribution in [-0.4, -0.2) is 16.5 Å². The molecule has 0 fully saturated rings. The van der Waals surface area contributed by atoms with Gasteiger partial charge in [-0.05, 0) is 68.3 Å². The van der Waals surface area contributed by atoms with Gasteiger partial charge in [0.15, 0.2) is 0 Å². The van der Waals surface area contributed by atoms with Gasteiger partial charge in [0, 0.05) is 9.90 Å². The number of hydrogen-bond acceptors (Lipinski definition) is 4. The maximum Gasteiger partial charge on any atom is 0.259 e. The lowest BCUT2D eigenvalue weighted by molar-refractivity contribution is 0.509. The third kappa shape index (κ3) is 3.96. The highest BCUT2D eigenvalue weighted by molar-refractivity contribution is 7.18. The Balaban J connectivity index is 1.50. The van der Waals surface area contributed by atoms with Gasteiger partial charge in [0.25, 0.3) is 5.56 Å². The average molecular weight is 402 g/mol. The smallest absolute Gasteiger partial charge is 0.259 e. The lowest BCUT2D eigenvalue weighted by atomic mass is 9.89. The van der Waals surface area contributed by atoms with Gasteiger partial charge in [-0.25, -0.2) is 4.98 Å². The average Bonchev–Trinajstić information content (AvgIpc) is 2.99. The summed E-state index contributed by atoms with van der Waals surface area (Å²) in [4.78, 5) is 22.7. The Bertz CT molecular complexity index is 1030. The maximum absolute atomic E-state index is 12.7. The number of aromatic amines is 1. The number of rotatable bonds is 5. The SMILES string of the molecule is C[C@H]1CCc2c(sc3nc([C@H](C)NCCc4cccc(Cl)c4)[nH]c(=O)c23)C1. The minimum absolute atomic E-state index is 0.00513. The maximum atomic E-state index is 12.7. The van der Waals surface area contributed by atoms with Crippen molar-refractivity contribution in [2.45, 2.75) is 45.6 Å². The number of aryl methyl sites for hydroxylation is 1. The molecular formula is C21H24ClN3OS. The normalized spacial score (nSPS) is 17.8. The number of thiophene rings is 1. The first kappa shape index (κ1) is 18.7. The molecular weight excluding hydrogens is 378 g/mol. The van der Waals surface area contributed by atoms with Crippen LogP contribution in [0, 0.1) is 5.92 Å². The van der Waals surface area contributed by atoms with E-state index < -0.39 is 0 Å². The molecule has 0 amide bonds. The van der Waals surface area contributed by atoms with Crippen LogP contribution in [0.15, 0.2) is 29.1 Å². The van der Waals surface area contributed by atoms with Crippen molar-refractivity contribution in [3.63, 3.8) is 0 Å². The summed E-state index contributed by atoms with van der Waals surface area (Å²) in [5.74, 6) is 1.40. The Morgan fingerprint density at radius 2 is 2.30 bits per heavy atom. The molecule has 3 aromatic rings. The van der Waals surface area contributed by atoms with E-state index in [0.29, 0.717) is 11.7 Å². The number of nitrogens with zero attached hydrogens (tertiary/aromatic N) is 1. The van der Waals surface area contributed by atoms with Crippen LogP contribution in [0.2, 0.25) is 5.02 Å². The van der Waals surface area contributed by atoms with Crippen molar-refractivity contribution in [3.05, 3.63) is 61.5 Å². The number of hydrogen-bond donors (Lipinski definition) is 2. The van der Waals surface area contributed by atoms with Crippen LogP contribution in [0.3, 0.4) is 0 Å². The highest BCUT2D eigenvalue weighted by atomic mass is 35.5. The molecule has 1 aromatic carbocycles. The molecule has 0 radical (unpaired) electrons. The van der Waals surface area contributed by atoms with Crippen molar-refractivity contribution in [3.8, 4) is 0 Å². The molecule has 4 nitrogen and oxygen atoms in total. The number of aromatic nitrogens is 2. The summed E-state index contributed by atoms with van der Waals surface area (Å²) in [5, 5.41) is 5.03. The van der Waals surface area contributed by atoms with Crippen molar-refractivity contribution in [1.29, 1.82) is 0 Å². The van der Waals surface area contributed by atoms with Crippen molar-refractivity contribution in [2.24, 2.45) is 5.92 Å². The lowest BCUT2D eigenvalue weighted by Gasteiger charge is -2.17. The Morgan fingerprint density at radius 3 is 3.11 bits per heavy atom. The molecule has 0 saturated carbocycles.